The van der Waals surface area contributed by atoms with E-state index in [-0.39, 0.29) is 18.0 Å². The van der Waals surface area contributed by atoms with Gasteiger partial charge in [0.2, 0.25) is 5.91 Å². The molecule has 0 bridgehead atoms. The number of nitrogens with one attached hydrogen (secondary N) is 3. The molecule has 0 aliphatic heterocycles. The average Bonchev–Trinajstić information content (AvgIpc) is 2.46. The number of anilines is 2. The van der Waals surface area contributed by atoms with Crippen LogP contribution < -0.4 is 20.7 Å². The molecule has 1 fully saturated rings. The summed E-state index contributed by atoms with van der Waals surface area (Å²) in [5.41, 5.74) is 1.14. The van der Waals surface area contributed by atoms with Crippen molar-refractivity contribution in [3.8, 4) is 5.75 Å². The molecule has 23 heavy (non-hydrogen) atoms. The van der Waals surface area contributed by atoms with Crippen molar-refractivity contribution in [3.63, 3.8) is 0 Å². The van der Waals surface area contributed by atoms with E-state index in [0.717, 1.165) is 19.3 Å². The monoisotopic (exact) mass is 319 g/mol. The summed E-state index contributed by atoms with van der Waals surface area (Å²) >= 11 is 0. The van der Waals surface area contributed by atoms with Crippen LogP contribution in [-0.2, 0) is 4.79 Å². The molecular weight excluding hydrogens is 294 g/mol. The Morgan fingerprint density at radius 3 is 2.65 bits per heavy atom. The van der Waals surface area contributed by atoms with E-state index < -0.39 is 0 Å². The Hall–Kier alpha value is -2.24. The van der Waals surface area contributed by atoms with Crippen molar-refractivity contribution in [2.75, 3.05) is 17.7 Å². The number of benzene rings is 1. The van der Waals surface area contributed by atoms with E-state index >= 15 is 0 Å². The Morgan fingerprint density at radius 2 is 2.00 bits per heavy atom. The molecule has 2 unspecified atom stereocenters. The van der Waals surface area contributed by atoms with Gasteiger partial charge in [-0.25, -0.2) is 4.79 Å². The lowest BCUT2D eigenvalue weighted by molar-refractivity contribution is -0.114. The summed E-state index contributed by atoms with van der Waals surface area (Å²) in [6.45, 7) is 3.65. The first-order chi connectivity index (χ1) is 11.0. The van der Waals surface area contributed by atoms with E-state index in [1.54, 1.807) is 25.3 Å². The molecule has 1 aromatic rings. The summed E-state index contributed by atoms with van der Waals surface area (Å²) in [4.78, 5) is 23.4. The van der Waals surface area contributed by atoms with Gasteiger partial charge in [-0.05, 0) is 37.0 Å². The Kier molecular flexibility index (Phi) is 5.84. The minimum absolute atomic E-state index is 0.165. The molecule has 1 saturated carbocycles. The average molecular weight is 319 g/mol. The Bertz CT molecular complexity index is 574. The number of ether oxygens (including phenoxy) is 1. The molecule has 0 spiro atoms. The number of urea groups is 1. The van der Waals surface area contributed by atoms with E-state index in [9.17, 15) is 9.59 Å². The molecule has 1 aliphatic carbocycles. The second kappa shape index (κ2) is 7.85. The molecule has 0 heterocycles. The van der Waals surface area contributed by atoms with Gasteiger partial charge in [0, 0.05) is 18.7 Å². The highest BCUT2D eigenvalue weighted by Gasteiger charge is 2.20. The zero-order chi connectivity index (χ0) is 16.8. The Labute approximate surface area is 137 Å². The fourth-order valence-electron chi connectivity index (χ4n) is 3.00. The van der Waals surface area contributed by atoms with Crippen LogP contribution in [0.5, 0.6) is 5.75 Å². The molecule has 2 atom stereocenters. The van der Waals surface area contributed by atoms with Crippen molar-refractivity contribution in [2.24, 2.45) is 5.92 Å². The van der Waals surface area contributed by atoms with Gasteiger partial charge in [0.1, 0.15) is 5.75 Å². The highest BCUT2D eigenvalue weighted by molar-refractivity contribution is 5.94. The molecule has 2 rings (SSSR count). The van der Waals surface area contributed by atoms with Gasteiger partial charge in [-0.15, -0.1) is 0 Å². The van der Waals surface area contributed by atoms with Crippen LogP contribution in [0.15, 0.2) is 18.2 Å². The smallest absolute Gasteiger partial charge is 0.319 e. The summed E-state index contributed by atoms with van der Waals surface area (Å²) < 4.78 is 5.26. The molecule has 3 amide bonds. The molecule has 0 saturated heterocycles. The van der Waals surface area contributed by atoms with Crippen LogP contribution in [0.3, 0.4) is 0 Å². The second-order valence-corrected chi connectivity index (χ2v) is 6.16. The normalized spacial score (nSPS) is 20.5. The molecule has 1 aliphatic rings. The maximum Gasteiger partial charge on any atom is 0.319 e. The van der Waals surface area contributed by atoms with Crippen molar-refractivity contribution in [3.05, 3.63) is 18.2 Å². The first-order valence-corrected chi connectivity index (χ1v) is 8.01. The number of methoxy groups -OCH3 is 1. The molecule has 0 aromatic heterocycles. The fourth-order valence-corrected chi connectivity index (χ4v) is 3.00. The Morgan fingerprint density at radius 1 is 1.22 bits per heavy atom. The number of hydrogen-bond donors (Lipinski definition) is 3. The van der Waals surface area contributed by atoms with Gasteiger partial charge >= 0.3 is 6.03 Å². The summed E-state index contributed by atoms with van der Waals surface area (Å²) in [6, 6.07) is 5.09. The number of rotatable bonds is 4. The lowest BCUT2D eigenvalue weighted by Gasteiger charge is -2.27. The van der Waals surface area contributed by atoms with Crippen LogP contribution in [0.1, 0.15) is 39.5 Å². The molecule has 3 N–H and O–H groups in total. The first-order valence-electron chi connectivity index (χ1n) is 8.01. The molecule has 126 valence electrons. The number of amides is 3. The van der Waals surface area contributed by atoms with Crippen molar-refractivity contribution < 1.29 is 14.3 Å². The van der Waals surface area contributed by atoms with Crippen LogP contribution in [0.4, 0.5) is 16.2 Å². The highest BCUT2D eigenvalue weighted by atomic mass is 16.5. The molecule has 6 heteroatoms. The van der Waals surface area contributed by atoms with Crippen molar-refractivity contribution in [2.45, 2.75) is 45.6 Å². The van der Waals surface area contributed by atoms with Crippen LogP contribution >= 0.6 is 0 Å². The van der Waals surface area contributed by atoms with Crippen LogP contribution in [0.2, 0.25) is 0 Å². The van der Waals surface area contributed by atoms with E-state index in [1.807, 2.05) is 0 Å². The minimum atomic E-state index is -0.248. The summed E-state index contributed by atoms with van der Waals surface area (Å²) in [5.74, 6) is 1.03. The second-order valence-electron chi connectivity index (χ2n) is 6.16. The fraction of sp³-hybridized carbons (Fsp3) is 0.529. The lowest BCUT2D eigenvalue weighted by Crippen LogP contribution is -2.40. The standard InChI is InChI=1S/C17H25N3O3/c1-11-5-4-6-13(9-11)19-17(22)20-15-10-14(18-12(2)21)7-8-16(15)23-3/h7-8,10-11,13H,4-6,9H2,1-3H3,(H,18,21)(H2,19,20,22). The zero-order valence-corrected chi connectivity index (χ0v) is 13.9. The topological polar surface area (TPSA) is 79.5 Å². The van der Waals surface area contributed by atoms with Crippen molar-refractivity contribution in [1.29, 1.82) is 0 Å². The summed E-state index contributed by atoms with van der Waals surface area (Å²) in [5, 5.41) is 8.52. The van der Waals surface area contributed by atoms with Gasteiger partial charge in [-0.3, -0.25) is 4.79 Å². The SMILES string of the molecule is COc1ccc(NC(C)=O)cc1NC(=O)NC1CCCC(C)C1. The van der Waals surface area contributed by atoms with Gasteiger partial charge in [-0.2, -0.15) is 0 Å². The number of hydrogen-bond acceptors (Lipinski definition) is 3. The first kappa shape index (κ1) is 17.1. The maximum absolute atomic E-state index is 12.2. The summed E-state index contributed by atoms with van der Waals surface area (Å²) in [6.07, 6.45) is 4.40. The largest absolute Gasteiger partial charge is 0.495 e. The van der Waals surface area contributed by atoms with Crippen LogP contribution in [-0.4, -0.2) is 25.1 Å². The third-order valence-electron chi connectivity index (χ3n) is 4.04. The lowest BCUT2D eigenvalue weighted by atomic mass is 9.87. The van der Waals surface area contributed by atoms with Crippen LogP contribution in [0.25, 0.3) is 0 Å². The van der Waals surface area contributed by atoms with Crippen LogP contribution in [0, 0.1) is 5.92 Å². The molecule has 0 radical (unpaired) electrons. The molecular formula is C17H25N3O3. The zero-order valence-electron chi connectivity index (χ0n) is 13.9. The highest BCUT2D eigenvalue weighted by Crippen LogP contribution is 2.28. The van der Waals surface area contributed by atoms with E-state index in [0.29, 0.717) is 23.0 Å². The van der Waals surface area contributed by atoms with Gasteiger partial charge in [0.25, 0.3) is 0 Å². The van der Waals surface area contributed by atoms with Gasteiger partial charge in [0.15, 0.2) is 0 Å². The quantitative estimate of drug-likeness (QED) is 0.796. The van der Waals surface area contributed by atoms with Gasteiger partial charge < -0.3 is 20.7 Å². The Balaban J connectivity index is 2.02. The van der Waals surface area contributed by atoms with E-state index in [1.165, 1.54) is 13.3 Å². The minimum Gasteiger partial charge on any atom is -0.495 e. The van der Waals surface area contributed by atoms with Gasteiger partial charge in [-0.1, -0.05) is 19.8 Å². The van der Waals surface area contributed by atoms with Crippen molar-refractivity contribution in [1.82, 2.24) is 5.32 Å². The molecule has 1 aromatic carbocycles. The summed E-state index contributed by atoms with van der Waals surface area (Å²) in [7, 11) is 1.54. The predicted octanol–water partition coefficient (Wildman–Crippen LogP) is 3.35. The van der Waals surface area contributed by atoms with Crippen molar-refractivity contribution >= 4 is 23.3 Å². The van der Waals surface area contributed by atoms with E-state index in [4.69, 9.17) is 4.74 Å². The maximum atomic E-state index is 12.2. The van der Waals surface area contributed by atoms with Gasteiger partial charge in [0.05, 0.1) is 12.8 Å². The molecule has 6 nitrogen and oxygen atoms in total. The van der Waals surface area contributed by atoms with E-state index in [2.05, 4.69) is 22.9 Å². The number of carbonyl (C=O) groups is 2. The number of carbonyl (C=O) groups excluding carboxylic acids is 2. The third kappa shape index (κ3) is 5.16. The third-order valence-corrected chi connectivity index (χ3v) is 4.04. The predicted molar refractivity (Wildman–Crippen MR) is 90.9 cm³/mol.